The van der Waals surface area contributed by atoms with Crippen molar-refractivity contribution in [3.05, 3.63) is 51.6 Å². The Kier molecular flexibility index (Phi) is 6.27. The number of hydrogen-bond donors (Lipinski definition) is 1. The molecule has 4 rings (SSSR count). The molecule has 0 spiro atoms. The van der Waals surface area contributed by atoms with E-state index in [9.17, 15) is 13.4 Å². The van der Waals surface area contributed by atoms with Gasteiger partial charge in [0, 0.05) is 54.1 Å². The second-order valence-electron chi connectivity index (χ2n) is 8.20. The second kappa shape index (κ2) is 8.77. The van der Waals surface area contributed by atoms with Crippen LogP contribution in [-0.2, 0) is 24.0 Å². The van der Waals surface area contributed by atoms with Crippen LogP contribution in [0.5, 0.6) is 0 Å². The normalized spacial score (nSPS) is 19.2. The maximum absolute atomic E-state index is 13.6. The third-order valence-electron chi connectivity index (χ3n) is 5.94. The number of benzene rings is 1. The molecule has 0 radical (unpaired) electrons. The molecule has 1 N–H and O–H groups in total. The number of rotatable bonds is 4. The number of aromatic amines is 1. The third kappa shape index (κ3) is 4.18. The number of nitrogens with one attached hydrogen (secondary N) is 1. The zero-order valence-electron chi connectivity index (χ0n) is 17.2. The summed E-state index contributed by atoms with van der Waals surface area (Å²) in [6, 6.07) is 4.45. The average Bonchev–Trinajstić information content (AvgIpc) is 3.17. The van der Waals surface area contributed by atoms with E-state index < -0.39 is 11.0 Å². The van der Waals surface area contributed by atoms with Gasteiger partial charge in [-0.25, -0.2) is 12.9 Å². The fourth-order valence-electron chi connectivity index (χ4n) is 4.27. The minimum absolute atomic E-state index is 0.0336. The van der Waals surface area contributed by atoms with E-state index in [1.807, 2.05) is 18.2 Å². The van der Waals surface area contributed by atoms with E-state index in [1.165, 1.54) is 12.1 Å². The van der Waals surface area contributed by atoms with Crippen molar-refractivity contribution in [1.29, 1.82) is 0 Å². The predicted molar refractivity (Wildman–Crippen MR) is 115 cm³/mol. The van der Waals surface area contributed by atoms with Gasteiger partial charge >= 0.3 is 0 Å². The number of carbonyl (C=O) groups is 1. The van der Waals surface area contributed by atoms with Crippen LogP contribution in [0.2, 0.25) is 5.02 Å². The molecule has 2 aliphatic heterocycles. The van der Waals surface area contributed by atoms with Gasteiger partial charge in [0.05, 0.1) is 11.0 Å². The SMILES string of the molecule is CC(C)S(=O)N1CCc2[nH]nc(C(=O)N3CCC(c4cc(F)ccc4Cl)CC3)c2C1. The van der Waals surface area contributed by atoms with Crippen LogP contribution in [0.4, 0.5) is 4.39 Å². The largest absolute Gasteiger partial charge is 0.337 e. The Morgan fingerprint density at radius 3 is 2.73 bits per heavy atom. The molecule has 1 atom stereocenters. The zero-order chi connectivity index (χ0) is 21.4. The number of carbonyl (C=O) groups excluding carboxylic acids is 1. The van der Waals surface area contributed by atoms with Gasteiger partial charge < -0.3 is 4.90 Å². The lowest BCUT2D eigenvalue weighted by molar-refractivity contribution is 0.0705. The molecule has 0 saturated carbocycles. The van der Waals surface area contributed by atoms with Crippen molar-refractivity contribution in [2.45, 2.75) is 50.8 Å². The topological polar surface area (TPSA) is 69.3 Å². The molecule has 1 aromatic heterocycles. The number of piperidine rings is 1. The lowest BCUT2D eigenvalue weighted by atomic mass is 9.89. The Labute approximate surface area is 183 Å². The molecule has 6 nitrogen and oxygen atoms in total. The number of nitrogens with zero attached hydrogens (tertiary/aromatic N) is 3. The van der Waals surface area contributed by atoms with Crippen LogP contribution in [0.15, 0.2) is 18.2 Å². The standard InChI is InChI=1S/C21H26ClFN4O2S/c1-13(2)30(29)27-10-7-19-17(12-27)20(25-24-19)21(28)26-8-5-14(6-9-26)16-11-15(23)3-4-18(16)22/h3-4,11,13-14H,5-10,12H2,1-2H3,(H,24,25). The van der Waals surface area contributed by atoms with Crippen molar-refractivity contribution in [3.8, 4) is 0 Å². The zero-order valence-corrected chi connectivity index (χ0v) is 18.7. The number of amides is 1. The van der Waals surface area contributed by atoms with Crippen molar-refractivity contribution >= 4 is 28.5 Å². The monoisotopic (exact) mass is 452 g/mol. The number of aromatic nitrogens is 2. The van der Waals surface area contributed by atoms with E-state index >= 15 is 0 Å². The summed E-state index contributed by atoms with van der Waals surface area (Å²) < 4.78 is 28.1. The van der Waals surface area contributed by atoms with Crippen molar-refractivity contribution in [2.24, 2.45) is 0 Å². The summed E-state index contributed by atoms with van der Waals surface area (Å²) in [5, 5.41) is 7.91. The molecule has 30 heavy (non-hydrogen) atoms. The highest BCUT2D eigenvalue weighted by molar-refractivity contribution is 7.83. The molecular weight excluding hydrogens is 427 g/mol. The molecule has 1 aromatic carbocycles. The van der Waals surface area contributed by atoms with Crippen molar-refractivity contribution in [2.75, 3.05) is 19.6 Å². The minimum Gasteiger partial charge on any atom is -0.337 e. The second-order valence-corrected chi connectivity index (χ2v) is 10.6. The summed E-state index contributed by atoms with van der Waals surface area (Å²) in [6.45, 7) is 6.16. The highest BCUT2D eigenvalue weighted by atomic mass is 35.5. The van der Waals surface area contributed by atoms with Crippen LogP contribution in [0, 0.1) is 5.82 Å². The van der Waals surface area contributed by atoms with E-state index in [-0.39, 0.29) is 22.9 Å². The molecule has 2 aromatic rings. The Morgan fingerprint density at radius 2 is 2.03 bits per heavy atom. The molecule has 0 aliphatic carbocycles. The summed E-state index contributed by atoms with van der Waals surface area (Å²) >= 11 is 6.26. The summed E-state index contributed by atoms with van der Waals surface area (Å²) in [4.78, 5) is 15.0. The van der Waals surface area contributed by atoms with Gasteiger partial charge in [0.1, 0.15) is 5.82 Å². The minimum atomic E-state index is -1.08. The molecule has 3 heterocycles. The fraction of sp³-hybridized carbons (Fsp3) is 0.524. The first kappa shape index (κ1) is 21.5. The van der Waals surface area contributed by atoms with Crippen LogP contribution >= 0.6 is 11.6 Å². The van der Waals surface area contributed by atoms with Crippen LogP contribution in [0.25, 0.3) is 0 Å². The lowest BCUT2D eigenvalue weighted by Gasteiger charge is -2.33. The van der Waals surface area contributed by atoms with Crippen LogP contribution in [0.3, 0.4) is 0 Å². The van der Waals surface area contributed by atoms with Crippen LogP contribution in [-0.4, -0.2) is 54.4 Å². The van der Waals surface area contributed by atoms with Gasteiger partial charge in [-0.05, 0) is 56.4 Å². The maximum atomic E-state index is 13.6. The fourth-order valence-corrected chi connectivity index (χ4v) is 5.67. The molecule has 0 bridgehead atoms. The van der Waals surface area contributed by atoms with Crippen LogP contribution in [0.1, 0.15) is 59.9 Å². The van der Waals surface area contributed by atoms with Gasteiger partial charge in [-0.3, -0.25) is 9.89 Å². The molecule has 1 amide bonds. The summed E-state index contributed by atoms with van der Waals surface area (Å²) in [7, 11) is -1.08. The Morgan fingerprint density at radius 1 is 1.30 bits per heavy atom. The summed E-state index contributed by atoms with van der Waals surface area (Å²) in [5.74, 6) is -0.262. The number of hydrogen-bond acceptors (Lipinski definition) is 3. The summed E-state index contributed by atoms with van der Waals surface area (Å²) in [5.41, 5.74) is 3.05. The molecule has 9 heteroatoms. The first-order valence-corrected chi connectivity index (χ1v) is 11.9. The highest BCUT2D eigenvalue weighted by Gasteiger charge is 2.32. The smallest absolute Gasteiger partial charge is 0.274 e. The number of fused-ring (bicyclic) bond motifs is 1. The Balaban J connectivity index is 1.45. The quantitative estimate of drug-likeness (QED) is 0.769. The first-order chi connectivity index (χ1) is 14.3. The Bertz CT molecular complexity index is 972. The number of likely N-dealkylation sites (tertiary alicyclic amines) is 1. The molecule has 162 valence electrons. The van der Waals surface area contributed by atoms with Gasteiger partial charge in [0.2, 0.25) is 0 Å². The molecule has 1 unspecified atom stereocenters. The molecule has 2 aliphatic rings. The maximum Gasteiger partial charge on any atom is 0.274 e. The third-order valence-corrected chi connectivity index (χ3v) is 7.91. The average molecular weight is 453 g/mol. The van der Waals surface area contributed by atoms with Gasteiger partial charge in [-0.15, -0.1) is 0 Å². The van der Waals surface area contributed by atoms with Crippen molar-refractivity contribution < 1.29 is 13.4 Å². The molecular formula is C21H26ClFN4O2S. The molecule has 1 fully saturated rings. The van der Waals surface area contributed by atoms with Gasteiger partial charge in [-0.1, -0.05) is 11.6 Å². The first-order valence-electron chi connectivity index (χ1n) is 10.3. The van der Waals surface area contributed by atoms with E-state index in [4.69, 9.17) is 11.6 Å². The summed E-state index contributed by atoms with van der Waals surface area (Å²) in [6.07, 6.45) is 2.16. The van der Waals surface area contributed by atoms with E-state index in [0.717, 1.165) is 29.7 Å². The van der Waals surface area contributed by atoms with Crippen molar-refractivity contribution in [3.63, 3.8) is 0 Å². The van der Waals surface area contributed by atoms with Crippen molar-refractivity contribution in [1.82, 2.24) is 19.4 Å². The van der Waals surface area contributed by atoms with Gasteiger partial charge in [0.25, 0.3) is 5.91 Å². The van der Waals surface area contributed by atoms with Gasteiger partial charge in [0.15, 0.2) is 5.69 Å². The number of halogens is 2. The van der Waals surface area contributed by atoms with E-state index in [1.54, 1.807) is 11.0 Å². The highest BCUT2D eigenvalue weighted by Crippen LogP contribution is 2.34. The van der Waals surface area contributed by atoms with Gasteiger partial charge in [-0.2, -0.15) is 5.10 Å². The Hall–Kier alpha value is -1.77. The number of H-pyrrole nitrogens is 1. The lowest BCUT2D eigenvalue weighted by Crippen LogP contribution is -2.40. The van der Waals surface area contributed by atoms with E-state index in [0.29, 0.717) is 43.3 Å². The predicted octanol–water partition coefficient (Wildman–Crippen LogP) is 3.65. The van der Waals surface area contributed by atoms with Crippen LogP contribution < -0.4 is 0 Å². The molecule has 1 saturated heterocycles. The van der Waals surface area contributed by atoms with E-state index in [2.05, 4.69) is 10.2 Å².